The van der Waals surface area contributed by atoms with Crippen LogP contribution >= 0.6 is 0 Å². The van der Waals surface area contributed by atoms with Gasteiger partial charge in [0.25, 0.3) is 0 Å². The molecular formula is C47H33N3O. The molecule has 4 nitrogen and oxygen atoms in total. The van der Waals surface area contributed by atoms with Crippen molar-refractivity contribution in [1.29, 1.82) is 0 Å². The number of para-hydroxylation sites is 2. The number of aromatic nitrogens is 2. The maximum Gasteiger partial charge on any atom is 0.153 e. The third-order valence-electron chi connectivity index (χ3n) is 9.48. The van der Waals surface area contributed by atoms with Gasteiger partial charge in [0.05, 0.1) is 23.3 Å². The number of nitrogens with zero attached hydrogens (tertiary/aromatic N) is 3. The fraction of sp³-hybridized carbons (Fsp3) is 0.0213. The lowest BCUT2D eigenvalue weighted by molar-refractivity contribution is 0.667. The molecule has 3 aromatic heterocycles. The summed E-state index contributed by atoms with van der Waals surface area (Å²) < 4.78 is 6.09. The average molecular weight is 656 g/mol. The molecule has 0 saturated carbocycles. The first-order chi connectivity index (χ1) is 25.2. The molecule has 9 rings (SSSR count). The highest BCUT2D eigenvalue weighted by Gasteiger charge is 2.19. The van der Waals surface area contributed by atoms with E-state index in [9.17, 15) is 0 Å². The maximum atomic E-state index is 6.09. The predicted octanol–water partition coefficient (Wildman–Crippen LogP) is 12.8. The molecule has 0 amide bonds. The minimum atomic E-state index is 0.784. The number of rotatable bonds is 7. The van der Waals surface area contributed by atoms with Gasteiger partial charge in [-0.3, -0.25) is 9.97 Å². The Bertz CT molecular complexity index is 2660. The van der Waals surface area contributed by atoms with Crippen molar-refractivity contribution in [3.63, 3.8) is 0 Å². The smallest absolute Gasteiger partial charge is 0.153 e. The first-order valence-electron chi connectivity index (χ1n) is 17.1. The molecule has 0 spiro atoms. The number of benzene rings is 6. The van der Waals surface area contributed by atoms with Crippen molar-refractivity contribution >= 4 is 39.0 Å². The Kier molecular flexibility index (Phi) is 7.67. The molecule has 4 heteroatoms. The van der Waals surface area contributed by atoms with Crippen LogP contribution in [0.4, 0.5) is 17.1 Å². The summed E-state index contributed by atoms with van der Waals surface area (Å²) in [6, 6.07) is 59.5. The van der Waals surface area contributed by atoms with Crippen molar-refractivity contribution in [2.75, 3.05) is 4.90 Å². The monoisotopic (exact) mass is 655 g/mol. The third kappa shape index (κ3) is 5.73. The van der Waals surface area contributed by atoms with Crippen LogP contribution in [0.3, 0.4) is 0 Å². The zero-order valence-corrected chi connectivity index (χ0v) is 28.1. The largest absolute Gasteiger partial charge is 0.454 e. The third-order valence-corrected chi connectivity index (χ3v) is 9.48. The maximum absolute atomic E-state index is 6.09. The van der Waals surface area contributed by atoms with Crippen LogP contribution in [0.2, 0.25) is 0 Å². The van der Waals surface area contributed by atoms with Gasteiger partial charge in [-0.1, -0.05) is 121 Å². The van der Waals surface area contributed by atoms with E-state index >= 15 is 0 Å². The van der Waals surface area contributed by atoms with Gasteiger partial charge in [-0.05, 0) is 77.7 Å². The Hall–Kier alpha value is -6.78. The van der Waals surface area contributed by atoms with Crippen molar-refractivity contribution in [1.82, 2.24) is 9.97 Å². The second-order valence-electron chi connectivity index (χ2n) is 12.7. The quantitative estimate of drug-likeness (QED) is 0.171. The summed E-state index contributed by atoms with van der Waals surface area (Å²) >= 11 is 0. The first-order valence-corrected chi connectivity index (χ1v) is 17.1. The van der Waals surface area contributed by atoms with Crippen molar-refractivity contribution in [2.45, 2.75) is 6.92 Å². The summed E-state index contributed by atoms with van der Waals surface area (Å²) in [5.74, 6) is 0. The molecule has 0 aliphatic carbocycles. The van der Waals surface area contributed by atoms with E-state index in [1.54, 1.807) is 0 Å². The molecule has 51 heavy (non-hydrogen) atoms. The standard InChI is InChI=1S/C47H33N3O/c1-32-30-48-43(28-41(32)34-16-6-3-7-17-34)35-18-12-20-37(26-35)50(45-24-10-8-22-39(45)33-14-4-2-5-15-33)38-21-13-19-36(27-38)44-29-42-40-23-9-11-25-46(40)51-47(42)31-49-44/h2-31H,1H3. The van der Waals surface area contributed by atoms with E-state index in [-0.39, 0.29) is 0 Å². The second-order valence-corrected chi connectivity index (χ2v) is 12.7. The van der Waals surface area contributed by atoms with Crippen molar-refractivity contribution in [2.24, 2.45) is 0 Å². The fourth-order valence-corrected chi connectivity index (χ4v) is 6.97. The normalized spacial score (nSPS) is 11.2. The van der Waals surface area contributed by atoms with E-state index in [1.165, 1.54) is 11.1 Å². The van der Waals surface area contributed by atoms with Crippen LogP contribution in [0.1, 0.15) is 5.56 Å². The van der Waals surface area contributed by atoms with E-state index in [0.29, 0.717) is 0 Å². The summed E-state index contributed by atoms with van der Waals surface area (Å²) in [7, 11) is 0. The van der Waals surface area contributed by atoms with Crippen LogP contribution in [0.25, 0.3) is 66.7 Å². The number of anilines is 3. The Labute approximate surface area is 296 Å². The van der Waals surface area contributed by atoms with Gasteiger partial charge in [0.15, 0.2) is 5.58 Å². The summed E-state index contributed by atoms with van der Waals surface area (Å²) in [5, 5.41) is 2.14. The lowest BCUT2D eigenvalue weighted by Gasteiger charge is -2.28. The molecule has 0 bridgehead atoms. The van der Waals surface area contributed by atoms with E-state index in [2.05, 4.69) is 163 Å². The number of hydrogen-bond donors (Lipinski definition) is 0. The van der Waals surface area contributed by atoms with Gasteiger partial charge >= 0.3 is 0 Å². The lowest BCUT2D eigenvalue weighted by atomic mass is 9.98. The Morgan fingerprint density at radius 2 is 1.00 bits per heavy atom. The van der Waals surface area contributed by atoms with Crippen LogP contribution in [0.5, 0.6) is 0 Å². The van der Waals surface area contributed by atoms with Crippen LogP contribution in [0, 0.1) is 6.92 Å². The van der Waals surface area contributed by atoms with Gasteiger partial charge in [0.2, 0.25) is 0 Å². The van der Waals surface area contributed by atoms with Crippen LogP contribution in [0.15, 0.2) is 187 Å². The van der Waals surface area contributed by atoms with Gasteiger partial charge < -0.3 is 9.32 Å². The predicted molar refractivity (Wildman–Crippen MR) is 210 cm³/mol. The minimum absolute atomic E-state index is 0.784. The number of fused-ring (bicyclic) bond motifs is 3. The van der Waals surface area contributed by atoms with E-state index in [4.69, 9.17) is 14.4 Å². The highest BCUT2D eigenvalue weighted by Crippen LogP contribution is 2.43. The summed E-state index contributed by atoms with van der Waals surface area (Å²) in [6.07, 6.45) is 3.81. The highest BCUT2D eigenvalue weighted by molar-refractivity contribution is 6.05. The Morgan fingerprint density at radius 1 is 0.431 bits per heavy atom. The SMILES string of the molecule is Cc1cnc(-c2cccc(N(c3cccc(-c4cc5c(cn4)oc4ccccc45)c3)c3ccccc3-c3ccccc3)c2)cc1-c1ccccc1. The molecule has 0 aliphatic rings. The van der Waals surface area contributed by atoms with Crippen molar-refractivity contribution < 1.29 is 4.42 Å². The molecule has 0 saturated heterocycles. The lowest BCUT2D eigenvalue weighted by Crippen LogP contribution is -2.11. The molecule has 0 aliphatic heterocycles. The summed E-state index contributed by atoms with van der Waals surface area (Å²) in [4.78, 5) is 12.1. The van der Waals surface area contributed by atoms with Gasteiger partial charge in [-0.15, -0.1) is 0 Å². The van der Waals surface area contributed by atoms with Crippen LogP contribution in [-0.2, 0) is 0 Å². The summed E-state index contributed by atoms with van der Waals surface area (Å²) in [5.41, 5.74) is 14.4. The van der Waals surface area contributed by atoms with Gasteiger partial charge in [-0.2, -0.15) is 0 Å². The molecule has 0 fully saturated rings. The van der Waals surface area contributed by atoms with Gasteiger partial charge in [0.1, 0.15) is 5.58 Å². The van der Waals surface area contributed by atoms with E-state index in [0.717, 1.165) is 78.2 Å². The van der Waals surface area contributed by atoms with Crippen LogP contribution < -0.4 is 4.90 Å². The number of aryl methyl sites for hydroxylation is 1. The second kappa shape index (κ2) is 12.9. The van der Waals surface area contributed by atoms with Gasteiger partial charge in [0, 0.05) is 45.0 Å². The van der Waals surface area contributed by atoms with Gasteiger partial charge in [-0.25, -0.2) is 0 Å². The van der Waals surface area contributed by atoms with Crippen molar-refractivity contribution in [3.05, 3.63) is 188 Å². The van der Waals surface area contributed by atoms with Crippen molar-refractivity contribution in [3.8, 4) is 44.8 Å². The molecule has 242 valence electrons. The zero-order valence-electron chi connectivity index (χ0n) is 28.1. The summed E-state index contributed by atoms with van der Waals surface area (Å²) in [6.45, 7) is 2.12. The molecule has 0 atom stereocenters. The molecule has 6 aromatic carbocycles. The number of hydrogen-bond acceptors (Lipinski definition) is 4. The Morgan fingerprint density at radius 3 is 1.73 bits per heavy atom. The first kappa shape index (κ1) is 30.3. The van der Waals surface area contributed by atoms with E-state index < -0.39 is 0 Å². The molecule has 0 N–H and O–H groups in total. The highest BCUT2D eigenvalue weighted by atomic mass is 16.3. The average Bonchev–Trinajstić information content (AvgIpc) is 3.57. The molecule has 9 aromatic rings. The molecule has 0 unspecified atom stereocenters. The van der Waals surface area contributed by atoms with Crippen LogP contribution in [-0.4, -0.2) is 9.97 Å². The molecular weight excluding hydrogens is 623 g/mol. The molecule has 3 heterocycles. The topological polar surface area (TPSA) is 42.2 Å². The Balaban J connectivity index is 1.20. The zero-order chi connectivity index (χ0) is 34.1. The number of pyridine rings is 2. The minimum Gasteiger partial charge on any atom is -0.454 e. The molecule has 0 radical (unpaired) electrons. The fourth-order valence-electron chi connectivity index (χ4n) is 6.97. The van der Waals surface area contributed by atoms with E-state index in [1.807, 2.05) is 30.6 Å². The number of furan rings is 1.